The van der Waals surface area contributed by atoms with Gasteiger partial charge in [-0.15, -0.1) is 22.7 Å². The molecular weight excluding hydrogens is 571 g/mol. The molecule has 0 N–H and O–H groups in total. The molecule has 0 unspecified atom stereocenters. The van der Waals surface area contributed by atoms with E-state index in [-0.39, 0.29) is 18.3 Å². The summed E-state index contributed by atoms with van der Waals surface area (Å²) in [5.74, 6) is 0. The lowest BCUT2D eigenvalue weighted by molar-refractivity contribution is 0.00578. The summed E-state index contributed by atoms with van der Waals surface area (Å²) in [6, 6.07) is 13.2. The molecule has 2 aromatic heterocycles. The third kappa shape index (κ3) is 9.74. The number of thiophene rings is 2. The van der Waals surface area contributed by atoms with E-state index in [0.717, 1.165) is 63.3 Å². The predicted octanol–water partition coefficient (Wildman–Crippen LogP) is 9.17. The van der Waals surface area contributed by atoms with Crippen LogP contribution in [0.2, 0.25) is 0 Å². The molecule has 1 aromatic carbocycles. The van der Waals surface area contributed by atoms with Gasteiger partial charge in [-0.1, -0.05) is 63.1 Å². The summed E-state index contributed by atoms with van der Waals surface area (Å²) in [4.78, 5) is 2.54. The number of hydrogen-bond acceptors (Lipinski definition) is 6. The monoisotopic (exact) mass is 620 g/mol. The summed E-state index contributed by atoms with van der Waals surface area (Å²) in [6.07, 6.45) is 15.3. The molecule has 0 atom stereocenters. The lowest BCUT2D eigenvalue weighted by atomic mass is 9.87. The molecule has 0 bridgehead atoms. The number of benzene rings is 1. The first-order valence-electron chi connectivity index (χ1n) is 15.9. The molecule has 0 saturated carbocycles. The van der Waals surface area contributed by atoms with Crippen molar-refractivity contribution >= 4 is 58.9 Å². The first kappa shape index (κ1) is 33.9. The Kier molecular flexibility index (Phi) is 12.9. The highest BCUT2D eigenvalue weighted by molar-refractivity contribution is 7.23. The van der Waals surface area contributed by atoms with Crippen LogP contribution in [0.1, 0.15) is 99.2 Å². The molecule has 43 heavy (non-hydrogen) atoms. The van der Waals surface area contributed by atoms with Gasteiger partial charge in [-0.25, -0.2) is 0 Å². The molecule has 1 aliphatic heterocycles. The summed E-state index contributed by atoms with van der Waals surface area (Å²) >= 11 is 3.54. The summed E-state index contributed by atoms with van der Waals surface area (Å²) in [5.41, 5.74) is 4.30. The zero-order valence-corrected chi connectivity index (χ0v) is 28.6. The van der Waals surface area contributed by atoms with Crippen molar-refractivity contribution in [1.29, 1.82) is 0 Å². The Labute approximate surface area is 268 Å². The number of rotatable bonds is 17. The topological polar surface area (TPSA) is 36.9 Å². The van der Waals surface area contributed by atoms with E-state index in [1.54, 1.807) is 22.7 Å². The third-order valence-corrected chi connectivity index (χ3v) is 10.3. The van der Waals surface area contributed by atoms with Crippen LogP contribution in [0, 0.1) is 0 Å². The molecular formula is C36H49BO4S2. The highest BCUT2D eigenvalue weighted by atomic mass is 32.1. The van der Waals surface area contributed by atoms with E-state index >= 15 is 0 Å². The Bertz CT molecular complexity index is 1300. The van der Waals surface area contributed by atoms with Gasteiger partial charge in [0.1, 0.15) is 0 Å². The van der Waals surface area contributed by atoms with Crippen molar-refractivity contribution < 1.29 is 18.8 Å². The van der Waals surface area contributed by atoms with Crippen LogP contribution >= 0.6 is 22.7 Å². The molecule has 0 spiro atoms. The summed E-state index contributed by atoms with van der Waals surface area (Å²) in [7, 11) is -0.347. The van der Waals surface area contributed by atoms with Crippen molar-refractivity contribution in [2.45, 2.75) is 91.3 Å². The normalized spacial score (nSPS) is 16.3. The fourth-order valence-electron chi connectivity index (χ4n) is 4.70. The van der Waals surface area contributed by atoms with E-state index in [2.05, 4.69) is 108 Å². The second kappa shape index (κ2) is 16.4. The van der Waals surface area contributed by atoms with Crippen LogP contribution in [-0.4, -0.2) is 44.7 Å². The number of unbranched alkanes of at least 4 members (excludes halogenated alkanes) is 2. The first-order valence-corrected chi connectivity index (χ1v) is 17.6. The molecule has 0 amide bonds. The van der Waals surface area contributed by atoms with Gasteiger partial charge in [0.15, 0.2) is 0 Å². The minimum atomic E-state index is -0.356. The van der Waals surface area contributed by atoms with Crippen molar-refractivity contribution in [3.63, 3.8) is 0 Å². The van der Waals surface area contributed by atoms with Gasteiger partial charge in [0.25, 0.3) is 0 Å². The Morgan fingerprint density at radius 1 is 0.698 bits per heavy atom. The van der Waals surface area contributed by atoms with Gasteiger partial charge in [0.05, 0.1) is 24.4 Å². The standard InChI is InChI=1S/C36H49BO4S2/c1-7-9-22-38-24-19-30-21-26-42-32(30)17-15-28-11-13-29(14-12-28)16-18-33-31(20-25-39-23-10-8-2)27-34(43-33)37-40-35(3,4)36(5,6)41-37/h11-18,21,26-27H,7-10,19-20,22-25H2,1-6H3/b17-15+,18-16+. The van der Waals surface area contributed by atoms with Gasteiger partial charge in [-0.3, -0.25) is 0 Å². The largest absolute Gasteiger partial charge is 0.505 e. The van der Waals surface area contributed by atoms with Gasteiger partial charge >= 0.3 is 7.12 Å². The van der Waals surface area contributed by atoms with E-state index in [0.29, 0.717) is 0 Å². The van der Waals surface area contributed by atoms with Gasteiger partial charge in [0.2, 0.25) is 0 Å². The van der Waals surface area contributed by atoms with Crippen LogP contribution in [0.15, 0.2) is 41.8 Å². The van der Waals surface area contributed by atoms with E-state index in [1.807, 2.05) is 0 Å². The smallest absolute Gasteiger partial charge is 0.399 e. The average molecular weight is 621 g/mol. The Morgan fingerprint density at radius 2 is 1.23 bits per heavy atom. The van der Waals surface area contributed by atoms with Crippen LogP contribution in [0.3, 0.4) is 0 Å². The molecule has 3 heterocycles. The molecule has 0 radical (unpaired) electrons. The summed E-state index contributed by atoms with van der Waals surface area (Å²) in [5, 5.41) is 2.17. The lowest BCUT2D eigenvalue weighted by Crippen LogP contribution is -2.41. The fourth-order valence-corrected chi connectivity index (χ4v) is 6.62. The highest BCUT2D eigenvalue weighted by Gasteiger charge is 2.52. The maximum atomic E-state index is 6.36. The van der Waals surface area contributed by atoms with E-state index in [9.17, 15) is 0 Å². The molecule has 232 valence electrons. The minimum Gasteiger partial charge on any atom is -0.399 e. The van der Waals surface area contributed by atoms with Gasteiger partial charge < -0.3 is 18.8 Å². The molecule has 1 saturated heterocycles. The van der Waals surface area contributed by atoms with Crippen molar-refractivity contribution in [2.24, 2.45) is 0 Å². The van der Waals surface area contributed by atoms with Crippen molar-refractivity contribution in [3.8, 4) is 0 Å². The second-order valence-corrected chi connectivity index (χ2v) is 14.3. The fraction of sp³-hybridized carbons (Fsp3) is 0.500. The maximum Gasteiger partial charge on any atom is 0.505 e. The number of ether oxygens (including phenoxy) is 2. The van der Waals surface area contributed by atoms with Gasteiger partial charge in [-0.05, 0) is 105 Å². The van der Waals surface area contributed by atoms with Crippen LogP contribution in [0.25, 0.3) is 24.3 Å². The quantitative estimate of drug-likeness (QED) is 0.111. The van der Waals surface area contributed by atoms with Gasteiger partial charge in [0, 0.05) is 27.7 Å². The van der Waals surface area contributed by atoms with Crippen molar-refractivity contribution in [1.82, 2.24) is 0 Å². The van der Waals surface area contributed by atoms with E-state index in [4.69, 9.17) is 18.8 Å². The highest BCUT2D eigenvalue weighted by Crippen LogP contribution is 2.37. The zero-order valence-electron chi connectivity index (χ0n) is 26.9. The van der Waals surface area contributed by atoms with E-state index in [1.165, 1.54) is 38.4 Å². The molecule has 3 aromatic rings. The molecule has 1 aliphatic rings. The Balaban J connectivity index is 1.41. The summed E-state index contributed by atoms with van der Waals surface area (Å²) in [6.45, 7) is 16.0. The number of hydrogen-bond donors (Lipinski definition) is 0. The molecule has 4 nitrogen and oxygen atoms in total. The maximum absolute atomic E-state index is 6.36. The second-order valence-electron chi connectivity index (χ2n) is 12.2. The molecule has 1 fully saturated rings. The Morgan fingerprint density at radius 3 is 1.79 bits per heavy atom. The van der Waals surface area contributed by atoms with Crippen LogP contribution in [0.5, 0.6) is 0 Å². The van der Waals surface area contributed by atoms with Crippen molar-refractivity contribution in [3.05, 3.63) is 73.8 Å². The molecule has 7 heteroatoms. The predicted molar refractivity (Wildman–Crippen MR) is 188 cm³/mol. The van der Waals surface area contributed by atoms with Crippen LogP contribution < -0.4 is 4.78 Å². The molecule has 0 aliphatic carbocycles. The lowest BCUT2D eigenvalue weighted by Gasteiger charge is -2.32. The van der Waals surface area contributed by atoms with Crippen LogP contribution in [-0.2, 0) is 31.6 Å². The third-order valence-electron chi connectivity index (χ3n) is 8.23. The van der Waals surface area contributed by atoms with Gasteiger partial charge in [-0.2, -0.15) is 0 Å². The minimum absolute atomic E-state index is 0.347. The zero-order chi connectivity index (χ0) is 30.7. The SMILES string of the molecule is CCCCOCCc1ccsc1/C=C/c1ccc(/C=C/c2sc(B3OC(C)(C)C(C)(C)O3)cc2CCOCCCC)cc1. The average Bonchev–Trinajstić information content (AvgIpc) is 3.66. The molecule has 4 rings (SSSR count). The summed E-state index contributed by atoms with van der Waals surface area (Å²) < 4.78 is 25.5. The van der Waals surface area contributed by atoms with E-state index < -0.39 is 0 Å². The van der Waals surface area contributed by atoms with Crippen LogP contribution in [0.4, 0.5) is 0 Å². The van der Waals surface area contributed by atoms with Crippen molar-refractivity contribution in [2.75, 3.05) is 26.4 Å². The Hall–Kier alpha value is -2.00. The first-order chi connectivity index (χ1) is 20.7.